The SMILES string of the molecule is CC(C)(CC(N)=O)NC(=O)Nc1cnn(CC(=O)O)c1. The van der Waals surface area contributed by atoms with Gasteiger partial charge in [0.25, 0.3) is 0 Å². The normalized spacial score (nSPS) is 10.9. The number of aromatic nitrogens is 2. The van der Waals surface area contributed by atoms with Gasteiger partial charge in [-0.2, -0.15) is 5.10 Å². The Bertz CT molecular complexity index is 523. The second kappa shape index (κ2) is 6.04. The smallest absolute Gasteiger partial charge is 0.325 e. The number of amides is 3. The molecule has 0 unspecified atom stereocenters. The van der Waals surface area contributed by atoms with E-state index in [1.54, 1.807) is 13.8 Å². The predicted octanol–water partition coefficient (Wildman–Crippen LogP) is -0.257. The zero-order valence-corrected chi connectivity index (χ0v) is 11.2. The van der Waals surface area contributed by atoms with Crippen molar-refractivity contribution in [1.29, 1.82) is 0 Å². The molecule has 1 aromatic rings. The molecular weight excluding hydrogens is 266 g/mol. The van der Waals surface area contributed by atoms with E-state index in [9.17, 15) is 14.4 Å². The van der Waals surface area contributed by atoms with Crippen LogP contribution in [0.15, 0.2) is 12.4 Å². The number of urea groups is 1. The lowest BCUT2D eigenvalue weighted by Crippen LogP contribution is -2.47. The molecule has 110 valence electrons. The molecular formula is C11H17N5O4. The van der Waals surface area contributed by atoms with E-state index in [1.807, 2.05) is 0 Å². The van der Waals surface area contributed by atoms with E-state index in [-0.39, 0.29) is 13.0 Å². The number of carbonyl (C=O) groups excluding carboxylic acids is 2. The Kier molecular flexibility index (Phi) is 4.68. The summed E-state index contributed by atoms with van der Waals surface area (Å²) in [5.74, 6) is -1.56. The molecule has 1 rings (SSSR count). The molecule has 0 spiro atoms. The molecule has 0 saturated heterocycles. The van der Waals surface area contributed by atoms with E-state index < -0.39 is 23.4 Å². The summed E-state index contributed by atoms with van der Waals surface area (Å²) in [5.41, 5.74) is 4.64. The lowest BCUT2D eigenvalue weighted by atomic mass is 10.0. The minimum atomic E-state index is -1.04. The summed E-state index contributed by atoms with van der Waals surface area (Å²) in [4.78, 5) is 33.0. The number of primary amides is 1. The number of nitrogens with two attached hydrogens (primary N) is 1. The predicted molar refractivity (Wildman–Crippen MR) is 69.9 cm³/mol. The second-order valence-corrected chi connectivity index (χ2v) is 4.93. The first-order valence-corrected chi connectivity index (χ1v) is 5.80. The number of hydrogen-bond acceptors (Lipinski definition) is 4. The summed E-state index contributed by atoms with van der Waals surface area (Å²) >= 11 is 0. The molecule has 0 aliphatic heterocycles. The molecule has 5 N–H and O–H groups in total. The van der Waals surface area contributed by atoms with Crippen molar-refractivity contribution in [1.82, 2.24) is 15.1 Å². The third-order valence-electron chi connectivity index (χ3n) is 2.26. The van der Waals surface area contributed by atoms with Crippen LogP contribution in [0.25, 0.3) is 0 Å². The maximum Gasteiger partial charge on any atom is 0.325 e. The Morgan fingerprint density at radius 1 is 1.45 bits per heavy atom. The van der Waals surface area contributed by atoms with Gasteiger partial charge in [0.1, 0.15) is 6.54 Å². The van der Waals surface area contributed by atoms with Crippen molar-refractivity contribution in [2.24, 2.45) is 5.73 Å². The van der Waals surface area contributed by atoms with Crippen molar-refractivity contribution in [2.75, 3.05) is 5.32 Å². The van der Waals surface area contributed by atoms with Gasteiger partial charge in [-0.05, 0) is 13.8 Å². The number of nitrogens with one attached hydrogen (secondary N) is 2. The van der Waals surface area contributed by atoms with E-state index in [1.165, 1.54) is 17.1 Å². The molecule has 20 heavy (non-hydrogen) atoms. The lowest BCUT2D eigenvalue weighted by molar-refractivity contribution is -0.137. The summed E-state index contributed by atoms with van der Waals surface area (Å²) in [6, 6.07) is -0.536. The van der Waals surface area contributed by atoms with Gasteiger partial charge >= 0.3 is 12.0 Å². The van der Waals surface area contributed by atoms with Gasteiger partial charge in [0.2, 0.25) is 5.91 Å². The van der Waals surface area contributed by atoms with Gasteiger partial charge in [-0.15, -0.1) is 0 Å². The van der Waals surface area contributed by atoms with E-state index in [2.05, 4.69) is 15.7 Å². The van der Waals surface area contributed by atoms with Crippen molar-refractivity contribution in [3.8, 4) is 0 Å². The zero-order chi connectivity index (χ0) is 15.3. The molecule has 0 aliphatic carbocycles. The van der Waals surface area contributed by atoms with Gasteiger partial charge in [0.05, 0.1) is 11.9 Å². The fourth-order valence-electron chi connectivity index (χ4n) is 1.60. The Balaban J connectivity index is 2.56. The fourth-order valence-corrected chi connectivity index (χ4v) is 1.60. The van der Waals surface area contributed by atoms with Crippen molar-refractivity contribution >= 4 is 23.6 Å². The van der Waals surface area contributed by atoms with Gasteiger partial charge in [0, 0.05) is 18.2 Å². The van der Waals surface area contributed by atoms with Crippen LogP contribution < -0.4 is 16.4 Å². The summed E-state index contributed by atoms with van der Waals surface area (Å²) in [5, 5.41) is 17.4. The molecule has 9 nitrogen and oxygen atoms in total. The number of nitrogens with zero attached hydrogens (tertiary/aromatic N) is 2. The average molecular weight is 283 g/mol. The van der Waals surface area contributed by atoms with E-state index >= 15 is 0 Å². The number of carboxylic acids is 1. The Morgan fingerprint density at radius 3 is 2.65 bits per heavy atom. The minimum absolute atomic E-state index is 0.00129. The average Bonchev–Trinajstić information content (AvgIpc) is 2.60. The number of aliphatic carboxylic acids is 1. The lowest BCUT2D eigenvalue weighted by Gasteiger charge is -2.24. The number of anilines is 1. The van der Waals surface area contributed by atoms with Gasteiger partial charge in [0.15, 0.2) is 0 Å². The second-order valence-electron chi connectivity index (χ2n) is 4.93. The monoisotopic (exact) mass is 283 g/mol. The van der Waals surface area contributed by atoms with Gasteiger partial charge in [-0.25, -0.2) is 4.79 Å². The fraction of sp³-hybridized carbons (Fsp3) is 0.455. The minimum Gasteiger partial charge on any atom is -0.480 e. The molecule has 1 heterocycles. The van der Waals surface area contributed by atoms with Crippen LogP contribution in [0.4, 0.5) is 10.5 Å². The van der Waals surface area contributed by atoms with Gasteiger partial charge in [-0.1, -0.05) is 0 Å². The molecule has 0 aromatic carbocycles. The number of rotatable bonds is 6. The molecule has 0 aliphatic rings. The molecule has 9 heteroatoms. The Hall–Kier alpha value is -2.58. The maximum absolute atomic E-state index is 11.7. The topological polar surface area (TPSA) is 139 Å². The van der Waals surface area contributed by atoms with Crippen LogP contribution in [-0.4, -0.2) is 38.3 Å². The van der Waals surface area contributed by atoms with E-state index in [0.717, 1.165) is 0 Å². The van der Waals surface area contributed by atoms with Crippen LogP contribution in [0.2, 0.25) is 0 Å². The molecule has 0 saturated carbocycles. The van der Waals surface area contributed by atoms with Crippen LogP contribution in [0.5, 0.6) is 0 Å². The van der Waals surface area contributed by atoms with Crippen LogP contribution in [0.1, 0.15) is 20.3 Å². The zero-order valence-electron chi connectivity index (χ0n) is 11.2. The van der Waals surface area contributed by atoms with Gasteiger partial charge in [-0.3, -0.25) is 14.3 Å². The quantitative estimate of drug-likeness (QED) is 0.569. The maximum atomic E-state index is 11.7. The van der Waals surface area contributed by atoms with E-state index in [4.69, 9.17) is 10.8 Å². The largest absolute Gasteiger partial charge is 0.480 e. The van der Waals surface area contributed by atoms with Crippen molar-refractivity contribution in [3.05, 3.63) is 12.4 Å². The van der Waals surface area contributed by atoms with Gasteiger partial charge < -0.3 is 21.5 Å². The van der Waals surface area contributed by atoms with Crippen LogP contribution >= 0.6 is 0 Å². The Morgan fingerprint density at radius 2 is 2.10 bits per heavy atom. The van der Waals surface area contributed by atoms with Crippen molar-refractivity contribution < 1.29 is 19.5 Å². The summed E-state index contributed by atoms with van der Waals surface area (Å²) < 4.78 is 1.17. The first-order chi connectivity index (χ1) is 9.18. The Labute approximate surface area is 115 Å². The number of hydrogen-bond donors (Lipinski definition) is 4. The third kappa shape index (κ3) is 5.38. The van der Waals surface area contributed by atoms with Crippen LogP contribution in [0, 0.1) is 0 Å². The van der Waals surface area contributed by atoms with E-state index in [0.29, 0.717) is 5.69 Å². The summed E-state index contributed by atoms with van der Waals surface area (Å²) in [6.07, 6.45) is 2.71. The van der Waals surface area contributed by atoms with Crippen molar-refractivity contribution in [3.63, 3.8) is 0 Å². The highest BCUT2D eigenvalue weighted by molar-refractivity contribution is 5.90. The number of carboxylic acid groups (broad SMARTS) is 1. The molecule has 0 atom stereocenters. The molecule has 3 amide bonds. The highest BCUT2D eigenvalue weighted by Crippen LogP contribution is 2.09. The third-order valence-corrected chi connectivity index (χ3v) is 2.26. The van der Waals surface area contributed by atoms with Crippen molar-refractivity contribution in [2.45, 2.75) is 32.4 Å². The summed E-state index contributed by atoms with van der Waals surface area (Å²) in [7, 11) is 0. The molecule has 0 bridgehead atoms. The van der Waals surface area contributed by atoms with Crippen LogP contribution in [0.3, 0.4) is 0 Å². The molecule has 0 radical (unpaired) electrons. The first-order valence-electron chi connectivity index (χ1n) is 5.80. The number of carbonyl (C=O) groups is 3. The summed E-state index contributed by atoms with van der Waals surface area (Å²) in [6.45, 7) is 3.02. The molecule has 0 fully saturated rings. The standard InChI is InChI=1S/C11H17N5O4/c1-11(2,3-8(12)17)15-10(20)14-7-4-13-16(5-7)6-9(18)19/h4-5H,3,6H2,1-2H3,(H2,12,17)(H,18,19)(H2,14,15,20). The first kappa shape index (κ1) is 15.5. The molecule has 1 aromatic heterocycles. The highest BCUT2D eigenvalue weighted by atomic mass is 16.4. The van der Waals surface area contributed by atoms with Crippen LogP contribution in [-0.2, 0) is 16.1 Å². The highest BCUT2D eigenvalue weighted by Gasteiger charge is 2.23.